The van der Waals surface area contributed by atoms with Gasteiger partial charge >= 0.3 is 0 Å². The average molecular weight is 359 g/mol. The van der Waals surface area contributed by atoms with E-state index in [0.717, 1.165) is 22.6 Å². The van der Waals surface area contributed by atoms with Crippen molar-refractivity contribution < 1.29 is 4.74 Å². The summed E-state index contributed by atoms with van der Waals surface area (Å²) in [6, 6.07) is 28.1. The monoisotopic (exact) mass is 359 g/mol. The Bertz CT molecular complexity index is 902. The molecule has 0 amide bonds. The van der Waals surface area contributed by atoms with Gasteiger partial charge in [-0.25, -0.2) is 4.99 Å². The van der Waals surface area contributed by atoms with Crippen molar-refractivity contribution in [1.82, 2.24) is 0 Å². The molecule has 0 aliphatic rings. The highest BCUT2D eigenvalue weighted by atomic mass is 32.2. The fraction of sp³-hybridized carbons (Fsp3) is 0.0870. The lowest BCUT2D eigenvalue weighted by Crippen LogP contribution is -2.09. The summed E-state index contributed by atoms with van der Waals surface area (Å²) in [5, 5.41) is 2.08. The van der Waals surface area contributed by atoms with E-state index in [2.05, 4.69) is 30.5 Å². The molecule has 3 heteroatoms. The van der Waals surface area contributed by atoms with E-state index in [-0.39, 0.29) is 0 Å². The van der Waals surface area contributed by atoms with Crippen LogP contribution >= 0.6 is 11.8 Å². The van der Waals surface area contributed by atoms with Crippen LogP contribution in [0.5, 0.6) is 5.75 Å². The van der Waals surface area contributed by atoms with E-state index in [9.17, 15) is 0 Å². The van der Waals surface area contributed by atoms with Crippen LogP contribution in [0.1, 0.15) is 12.5 Å². The minimum Gasteiger partial charge on any atom is -0.439 e. The molecule has 0 N–H and O–H groups in total. The van der Waals surface area contributed by atoms with Gasteiger partial charge in [-0.3, -0.25) is 0 Å². The fourth-order valence-electron chi connectivity index (χ4n) is 2.31. The molecule has 26 heavy (non-hydrogen) atoms. The van der Waals surface area contributed by atoms with Crippen LogP contribution in [-0.4, -0.2) is 5.90 Å². The highest BCUT2D eigenvalue weighted by molar-refractivity contribution is 8.02. The van der Waals surface area contributed by atoms with Gasteiger partial charge in [0.2, 0.25) is 5.90 Å². The Balaban J connectivity index is 1.88. The first kappa shape index (κ1) is 18.0. The minimum atomic E-state index is 0.602. The second-order valence-corrected chi connectivity index (χ2v) is 6.85. The van der Waals surface area contributed by atoms with Crippen LogP contribution < -0.4 is 4.74 Å². The molecule has 0 aliphatic carbocycles. The Morgan fingerprint density at radius 2 is 1.58 bits per heavy atom. The van der Waals surface area contributed by atoms with Crippen LogP contribution in [-0.2, 0) is 0 Å². The first-order chi connectivity index (χ1) is 12.7. The maximum absolute atomic E-state index is 6.12. The van der Waals surface area contributed by atoms with Crippen molar-refractivity contribution in [1.29, 1.82) is 0 Å². The van der Waals surface area contributed by atoms with E-state index in [0.29, 0.717) is 5.90 Å². The third kappa shape index (κ3) is 5.36. The highest BCUT2D eigenvalue weighted by Crippen LogP contribution is 2.23. The lowest BCUT2D eigenvalue weighted by Gasteiger charge is -2.10. The van der Waals surface area contributed by atoms with Crippen LogP contribution in [0.25, 0.3) is 0 Å². The van der Waals surface area contributed by atoms with Gasteiger partial charge in [-0.1, -0.05) is 60.3 Å². The first-order valence-electron chi connectivity index (χ1n) is 8.48. The number of nitrogens with zero attached hydrogens (tertiary/aromatic N) is 1. The van der Waals surface area contributed by atoms with Crippen molar-refractivity contribution in [3.05, 3.63) is 101 Å². The van der Waals surface area contributed by atoms with Gasteiger partial charge in [0.25, 0.3) is 0 Å². The number of thioether (sulfide) groups is 1. The normalized spacial score (nSPS) is 12.1. The van der Waals surface area contributed by atoms with Crippen molar-refractivity contribution in [3.8, 4) is 5.75 Å². The molecule has 0 bridgehead atoms. The number of benzene rings is 3. The van der Waals surface area contributed by atoms with E-state index in [4.69, 9.17) is 9.73 Å². The third-order valence-electron chi connectivity index (χ3n) is 3.64. The second kappa shape index (κ2) is 9.07. The molecule has 3 rings (SSSR count). The zero-order chi connectivity index (χ0) is 18.2. The van der Waals surface area contributed by atoms with Crippen LogP contribution in [0, 0.1) is 6.92 Å². The van der Waals surface area contributed by atoms with Gasteiger partial charge in [-0.15, -0.1) is 0 Å². The SMILES string of the molecule is C/C(=C\Sc1ccccc1)C(=Nc1ccccc1)Oc1cccc(C)c1. The molecule has 3 aromatic carbocycles. The molecule has 0 spiro atoms. The van der Waals surface area contributed by atoms with Gasteiger partial charge < -0.3 is 4.74 Å². The smallest absolute Gasteiger partial charge is 0.223 e. The Morgan fingerprint density at radius 1 is 0.885 bits per heavy atom. The summed E-state index contributed by atoms with van der Waals surface area (Å²) >= 11 is 1.66. The van der Waals surface area contributed by atoms with Gasteiger partial charge in [-0.2, -0.15) is 0 Å². The van der Waals surface area contributed by atoms with E-state index < -0.39 is 0 Å². The maximum Gasteiger partial charge on any atom is 0.223 e. The molecule has 0 aliphatic heterocycles. The molecule has 0 saturated carbocycles. The Kier molecular flexibility index (Phi) is 6.29. The van der Waals surface area contributed by atoms with Crippen molar-refractivity contribution in [2.24, 2.45) is 4.99 Å². The van der Waals surface area contributed by atoms with Gasteiger partial charge in [0.1, 0.15) is 5.75 Å². The van der Waals surface area contributed by atoms with Gasteiger partial charge in [0.05, 0.1) is 5.69 Å². The summed E-state index contributed by atoms with van der Waals surface area (Å²) in [6.45, 7) is 4.07. The minimum absolute atomic E-state index is 0.602. The van der Waals surface area contributed by atoms with Crippen molar-refractivity contribution in [3.63, 3.8) is 0 Å². The van der Waals surface area contributed by atoms with Crippen molar-refractivity contribution in [2.75, 3.05) is 0 Å². The quantitative estimate of drug-likeness (QED) is 0.284. The zero-order valence-corrected chi connectivity index (χ0v) is 15.7. The molecule has 0 aromatic heterocycles. The number of hydrogen-bond acceptors (Lipinski definition) is 3. The van der Waals surface area contributed by atoms with E-state index in [1.54, 1.807) is 11.8 Å². The molecule has 130 valence electrons. The molecule has 0 unspecified atom stereocenters. The first-order valence-corrected chi connectivity index (χ1v) is 9.36. The molecule has 2 nitrogen and oxygen atoms in total. The molecular weight excluding hydrogens is 338 g/mol. The molecular formula is C23H21NOS. The summed E-state index contributed by atoms with van der Waals surface area (Å²) in [5.41, 5.74) is 3.00. The lowest BCUT2D eigenvalue weighted by atomic mass is 10.2. The van der Waals surface area contributed by atoms with Crippen LogP contribution in [0.4, 0.5) is 5.69 Å². The molecule has 0 radical (unpaired) electrons. The zero-order valence-electron chi connectivity index (χ0n) is 14.9. The highest BCUT2D eigenvalue weighted by Gasteiger charge is 2.07. The predicted molar refractivity (Wildman–Crippen MR) is 111 cm³/mol. The number of aryl methyl sites for hydroxylation is 1. The Labute approximate surface area is 159 Å². The Hall–Kier alpha value is -2.78. The standard InChI is InChI=1S/C23H21NOS/c1-18-10-9-13-21(16-18)25-23(24-20-11-5-3-6-12-20)19(2)17-26-22-14-7-4-8-15-22/h3-17H,1-2H3/b19-17+,24-23?. The number of rotatable bonds is 5. The maximum atomic E-state index is 6.12. The number of hydrogen-bond donors (Lipinski definition) is 0. The number of para-hydroxylation sites is 1. The summed E-state index contributed by atoms with van der Waals surface area (Å²) in [7, 11) is 0. The summed E-state index contributed by atoms with van der Waals surface area (Å²) in [4.78, 5) is 5.89. The van der Waals surface area contributed by atoms with Crippen LogP contribution in [0.2, 0.25) is 0 Å². The molecule has 0 saturated heterocycles. The molecule has 3 aromatic rings. The predicted octanol–water partition coefficient (Wildman–Crippen LogP) is 6.80. The third-order valence-corrected chi connectivity index (χ3v) is 4.66. The summed E-state index contributed by atoms with van der Waals surface area (Å²) in [5.74, 6) is 1.39. The van der Waals surface area contributed by atoms with Crippen molar-refractivity contribution >= 4 is 23.3 Å². The second-order valence-electron chi connectivity index (χ2n) is 5.90. The van der Waals surface area contributed by atoms with E-state index in [1.165, 1.54) is 4.90 Å². The van der Waals surface area contributed by atoms with Crippen LogP contribution in [0.3, 0.4) is 0 Å². The summed E-state index contributed by atoms with van der Waals surface area (Å²) in [6.07, 6.45) is 0. The van der Waals surface area contributed by atoms with E-state index in [1.807, 2.05) is 73.7 Å². The van der Waals surface area contributed by atoms with Gasteiger partial charge in [-0.05, 0) is 61.2 Å². The Morgan fingerprint density at radius 3 is 2.27 bits per heavy atom. The van der Waals surface area contributed by atoms with Gasteiger partial charge in [0, 0.05) is 10.5 Å². The number of ether oxygens (including phenoxy) is 1. The van der Waals surface area contributed by atoms with Crippen LogP contribution in [0.15, 0.2) is 106 Å². The lowest BCUT2D eigenvalue weighted by molar-refractivity contribution is 0.551. The van der Waals surface area contributed by atoms with Crippen molar-refractivity contribution in [2.45, 2.75) is 18.7 Å². The largest absolute Gasteiger partial charge is 0.439 e. The molecule has 0 heterocycles. The van der Waals surface area contributed by atoms with E-state index >= 15 is 0 Å². The average Bonchev–Trinajstić information content (AvgIpc) is 2.67. The summed E-state index contributed by atoms with van der Waals surface area (Å²) < 4.78 is 6.12. The molecule has 0 atom stereocenters. The number of aliphatic imine (C=N–C) groups is 1. The fourth-order valence-corrected chi connectivity index (χ4v) is 3.04. The van der Waals surface area contributed by atoms with Gasteiger partial charge in [0.15, 0.2) is 0 Å². The molecule has 0 fully saturated rings. The topological polar surface area (TPSA) is 21.6 Å².